The minimum atomic E-state index is -3.79. The molecular formula is C19H15NO4S. The molecule has 5 nitrogen and oxygen atoms in total. The van der Waals surface area contributed by atoms with E-state index in [4.69, 9.17) is 8.37 Å². The van der Waals surface area contributed by atoms with Crippen LogP contribution in [0.2, 0.25) is 0 Å². The van der Waals surface area contributed by atoms with E-state index in [1.807, 2.05) is 0 Å². The third kappa shape index (κ3) is 2.30. The third-order valence-corrected chi connectivity index (χ3v) is 5.60. The zero-order chi connectivity index (χ0) is 17.2. The van der Waals surface area contributed by atoms with Crippen molar-refractivity contribution in [3.05, 3.63) is 60.2 Å². The number of rotatable bonds is 3. The molecule has 0 spiro atoms. The summed E-state index contributed by atoms with van der Waals surface area (Å²) in [6, 6.07) is 19.1. The molecule has 1 saturated heterocycles. The predicted molar refractivity (Wildman–Crippen MR) is 96.5 cm³/mol. The van der Waals surface area contributed by atoms with Crippen molar-refractivity contribution >= 4 is 42.7 Å². The lowest BCUT2D eigenvalue weighted by atomic mass is 9.92. The fourth-order valence-corrected chi connectivity index (χ4v) is 4.34. The molecule has 0 aromatic heterocycles. The van der Waals surface area contributed by atoms with Crippen LogP contribution in [0.4, 0.5) is 0 Å². The molecule has 0 amide bonds. The highest BCUT2D eigenvalue weighted by atomic mass is 32.3. The monoisotopic (exact) mass is 353 g/mol. The number of hydrogen-bond donors (Lipinski definition) is 0. The summed E-state index contributed by atoms with van der Waals surface area (Å²) in [4.78, 5) is 1.73. The van der Waals surface area contributed by atoms with Crippen LogP contribution < -0.4 is 0 Å². The Labute approximate surface area is 145 Å². The van der Waals surface area contributed by atoms with Crippen molar-refractivity contribution in [1.29, 1.82) is 0 Å². The van der Waals surface area contributed by atoms with Crippen molar-refractivity contribution in [2.24, 2.45) is 0 Å². The first-order chi connectivity index (χ1) is 12.0. The van der Waals surface area contributed by atoms with Crippen molar-refractivity contribution < 1.29 is 16.8 Å². The standard InChI is InChI=1S/C19H15NO4S/c1-20(19-23-25(21,22)24-19)11-15-8-7-14-6-5-12-3-2-4-13-9-10-16(15)18(14)17(12)13/h2-10,19H,11H2,1H3. The minimum Gasteiger partial charge on any atom is -0.252 e. The van der Waals surface area contributed by atoms with Crippen molar-refractivity contribution in [3.8, 4) is 0 Å². The molecule has 5 rings (SSSR count). The van der Waals surface area contributed by atoms with Crippen molar-refractivity contribution in [1.82, 2.24) is 4.90 Å². The molecule has 0 unspecified atom stereocenters. The van der Waals surface area contributed by atoms with E-state index in [1.54, 1.807) is 11.9 Å². The molecule has 126 valence electrons. The molecule has 0 atom stereocenters. The van der Waals surface area contributed by atoms with Gasteiger partial charge in [-0.3, -0.25) is 4.90 Å². The zero-order valence-electron chi connectivity index (χ0n) is 13.5. The second-order valence-electron chi connectivity index (χ2n) is 6.40. The van der Waals surface area contributed by atoms with Gasteiger partial charge in [0.25, 0.3) is 6.41 Å². The van der Waals surface area contributed by atoms with Gasteiger partial charge in [0.05, 0.1) is 0 Å². The molecule has 6 heteroatoms. The zero-order valence-corrected chi connectivity index (χ0v) is 14.3. The summed E-state index contributed by atoms with van der Waals surface area (Å²) in [6.45, 7) is 0.522. The van der Waals surface area contributed by atoms with E-state index in [2.05, 4.69) is 54.6 Å². The van der Waals surface area contributed by atoms with Gasteiger partial charge in [0.15, 0.2) is 0 Å². The lowest BCUT2D eigenvalue weighted by Crippen LogP contribution is -2.47. The molecule has 4 aromatic carbocycles. The second-order valence-corrected chi connectivity index (χ2v) is 7.60. The van der Waals surface area contributed by atoms with Gasteiger partial charge >= 0.3 is 10.4 Å². The smallest absolute Gasteiger partial charge is 0.252 e. The van der Waals surface area contributed by atoms with Crippen LogP contribution in [0.25, 0.3) is 32.3 Å². The maximum Gasteiger partial charge on any atom is 0.407 e. The van der Waals surface area contributed by atoms with Crippen LogP contribution >= 0.6 is 0 Å². The third-order valence-electron chi connectivity index (χ3n) is 4.80. The van der Waals surface area contributed by atoms with Crippen LogP contribution in [0.3, 0.4) is 0 Å². The first-order valence-electron chi connectivity index (χ1n) is 7.99. The summed E-state index contributed by atoms with van der Waals surface area (Å²) in [5.41, 5.74) is 1.10. The summed E-state index contributed by atoms with van der Waals surface area (Å²) >= 11 is 0. The molecule has 0 N–H and O–H groups in total. The molecule has 0 saturated carbocycles. The highest BCUT2D eigenvalue weighted by Gasteiger charge is 2.39. The molecule has 25 heavy (non-hydrogen) atoms. The average molecular weight is 353 g/mol. The van der Waals surface area contributed by atoms with Crippen LogP contribution in [0.15, 0.2) is 54.6 Å². The molecule has 4 aromatic rings. The highest BCUT2D eigenvalue weighted by molar-refractivity contribution is 7.82. The van der Waals surface area contributed by atoms with Gasteiger partial charge in [0, 0.05) is 6.54 Å². The molecule has 1 aliphatic rings. The summed E-state index contributed by atoms with van der Waals surface area (Å²) in [5.74, 6) is 0. The van der Waals surface area contributed by atoms with Gasteiger partial charge < -0.3 is 0 Å². The van der Waals surface area contributed by atoms with E-state index in [0.717, 1.165) is 10.9 Å². The Morgan fingerprint density at radius 1 is 0.880 bits per heavy atom. The quantitative estimate of drug-likeness (QED) is 0.527. The van der Waals surface area contributed by atoms with Crippen LogP contribution in [0.5, 0.6) is 0 Å². The van der Waals surface area contributed by atoms with Gasteiger partial charge in [-0.2, -0.15) is 16.8 Å². The van der Waals surface area contributed by atoms with E-state index in [1.165, 1.54) is 26.9 Å². The van der Waals surface area contributed by atoms with E-state index in [0.29, 0.717) is 6.54 Å². The van der Waals surface area contributed by atoms with E-state index < -0.39 is 16.8 Å². The van der Waals surface area contributed by atoms with Crippen molar-refractivity contribution in [2.45, 2.75) is 13.0 Å². The van der Waals surface area contributed by atoms with Crippen molar-refractivity contribution in [2.75, 3.05) is 7.05 Å². The Kier molecular flexibility index (Phi) is 3.08. The maximum absolute atomic E-state index is 11.0. The van der Waals surface area contributed by atoms with Gasteiger partial charge in [-0.1, -0.05) is 54.6 Å². The molecule has 0 bridgehead atoms. The average Bonchev–Trinajstić information content (AvgIpc) is 2.58. The molecule has 0 aliphatic carbocycles. The molecule has 1 aliphatic heterocycles. The minimum absolute atomic E-state index is 0.522. The van der Waals surface area contributed by atoms with Gasteiger partial charge in [-0.05, 0) is 44.9 Å². The van der Waals surface area contributed by atoms with Crippen LogP contribution in [0.1, 0.15) is 5.56 Å². The summed E-state index contributed by atoms with van der Waals surface area (Å²) < 4.78 is 31.6. The molecule has 1 heterocycles. The Balaban J connectivity index is 1.64. The fraction of sp³-hybridized carbons (Fsp3) is 0.158. The molecular weight excluding hydrogens is 338 g/mol. The normalized spacial score (nSPS) is 17.7. The Morgan fingerprint density at radius 3 is 2.16 bits per heavy atom. The number of hydrogen-bond acceptors (Lipinski definition) is 5. The van der Waals surface area contributed by atoms with Gasteiger partial charge in [-0.15, -0.1) is 0 Å². The van der Waals surface area contributed by atoms with Gasteiger partial charge in [0.1, 0.15) is 0 Å². The van der Waals surface area contributed by atoms with Gasteiger partial charge in [0.2, 0.25) is 0 Å². The predicted octanol–water partition coefficient (Wildman–Crippen LogP) is 3.59. The first kappa shape index (κ1) is 15.0. The SMILES string of the molecule is CN(Cc1ccc2ccc3cccc4ccc1c2c34)C1OS(=O)(=O)O1. The first-order valence-corrected chi connectivity index (χ1v) is 9.32. The van der Waals surface area contributed by atoms with Gasteiger partial charge in [-0.25, -0.2) is 0 Å². The second kappa shape index (κ2) is 5.12. The Bertz CT molecular complexity index is 1190. The van der Waals surface area contributed by atoms with E-state index in [-0.39, 0.29) is 0 Å². The fourth-order valence-electron chi connectivity index (χ4n) is 3.63. The van der Waals surface area contributed by atoms with Crippen LogP contribution in [0, 0.1) is 0 Å². The summed E-state index contributed by atoms with van der Waals surface area (Å²) in [5, 5.41) is 7.31. The number of nitrogens with zero attached hydrogens (tertiary/aromatic N) is 1. The maximum atomic E-state index is 11.0. The van der Waals surface area contributed by atoms with Crippen molar-refractivity contribution in [3.63, 3.8) is 0 Å². The highest BCUT2D eigenvalue weighted by Crippen LogP contribution is 2.36. The topological polar surface area (TPSA) is 55.8 Å². The lowest BCUT2D eigenvalue weighted by Gasteiger charge is -2.32. The van der Waals surface area contributed by atoms with E-state index in [9.17, 15) is 8.42 Å². The largest absolute Gasteiger partial charge is 0.407 e. The lowest BCUT2D eigenvalue weighted by molar-refractivity contribution is -0.172. The molecule has 0 radical (unpaired) electrons. The number of benzene rings is 4. The van der Waals surface area contributed by atoms with Crippen LogP contribution in [-0.4, -0.2) is 26.8 Å². The van der Waals surface area contributed by atoms with Crippen LogP contribution in [-0.2, 0) is 25.3 Å². The Hall–Kier alpha value is -2.25. The summed E-state index contributed by atoms with van der Waals surface area (Å²) in [6.07, 6.45) is -0.858. The van der Waals surface area contributed by atoms with E-state index >= 15 is 0 Å². The Morgan fingerprint density at radius 2 is 1.48 bits per heavy atom. The summed E-state index contributed by atoms with van der Waals surface area (Å²) in [7, 11) is -2.02. The molecule has 1 fully saturated rings.